The number of aliphatic carboxylic acids is 2. The van der Waals surface area contributed by atoms with Crippen LogP contribution in [-0.4, -0.2) is 53.2 Å². The van der Waals surface area contributed by atoms with E-state index in [0.717, 1.165) is 0 Å². The molecule has 0 spiro atoms. The predicted molar refractivity (Wildman–Crippen MR) is 90.6 cm³/mol. The highest BCUT2D eigenvalue weighted by Gasteiger charge is 2.52. The van der Waals surface area contributed by atoms with E-state index >= 15 is 0 Å². The lowest BCUT2D eigenvalue weighted by Crippen LogP contribution is -2.62. The molecule has 126 valence electrons. The van der Waals surface area contributed by atoms with Gasteiger partial charge in [0.05, 0.1) is 11.4 Å². The highest BCUT2D eigenvalue weighted by molar-refractivity contribution is 6.51. The Hall–Kier alpha value is -3.00. The second-order valence-electron chi connectivity index (χ2n) is 5.11. The van der Waals surface area contributed by atoms with Gasteiger partial charge in [0.25, 0.3) is 0 Å². The van der Waals surface area contributed by atoms with Crippen LogP contribution in [0.2, 0.25) is 0 Å². The van der Waals surface area contributed by atoms with Gasteiger partial charge in [0, 0.05) is 7.05 Å². The Labute approximate surface area is 138 Å². The molecule has 1 aromatic rings. The van der Waals surface area contributed by atoms with Crippen LogP contribution in [0.3, 0.4) is 0 Å². The van der Waals surface area contributed by atoms with E-state index in [0.29, 0.717) is 11.4 Å². The van der Waals surface area contributed by atoms with Gasteiger partial charge < -0.3 is 15.5 Å². The molecule has 1 aliphatic rings. The summed E-state index contributed by atoms with van der Waals surface area (Å²) in [7, 11) is 2.88. The van der Waals surface area contributed by atoms with Gasteiger partial charge in [0.2, 0.25) is 0 Å². The number of aliphatic imine (C=N–C) groups is 1. The Morgan fingerprint density at radius 1 is 1.21 bits per heavy atom. The van der Waals surface area contributed by atoms with Gasteiger partial charge in [-0.2, -0.15) is 5.10 Å². The number of carbonyl (C=O) groups is 2. The first-order valence-corrected chi connectivity index (χ1v) is 7.16. The van der Waals surface area contributed by atoms with Crippen molar-refractivity contribution in [3.05, 3.63) is 42.5 Å². The molecule has 4 N–H and O–H groups in total. The zero-order valence-electron chi connectivity index (χ0n) is 13.2. The van der Waals surface area contributed by atoms with Crippen LogP contribution >= 0.6 is 0 Å². The molecule has 8 nitrogen and oxygen atoms in total. The first-order valence-electron chi connectivity index (χ1n) is 7.16. The number of carboxylic acids is 2. The van der Waals surface area contributed by atoms with E-state index in [9.17, 15) is 19.8 Å². The fourth-order valence-corrected chi connectivity index (χ4v) is 2.54. The number of nitrogens with zero attached hydrogens (tertiary/aromatic N) is 2. The normalized spacial score (nSPS) is 26.5. The fraction of sp³-hybridized carbons (Fsp3) is 0.250. The third-order valence-electron chi connectivity index (χ3n) is 3.83. The molecule has 0 fully saturated rings. The number of carboxylic acid groups (broad SMARTS) is 2. The fourth-order valence-electron chi connectivity index (χ4n) is 2.54. The number of rotatable bonds is 5. The van der Waals surface area contributed by atoms with Crippen LogP contribution < -0.4 is 10.7 Å². The van der Waals surface area contributed by atoms with Crippen LogP contribution in [0.1, 0.15) is 0 Å². The van der Waals surface area contributed by atoms with E-state index in [1.165, 1.54) is 26.2 Å². The quantitative estimate of drug-likeness (QED) is 0.593. The molecular weight excluding hydrogens is 312 g/mol. The topological polar surface area (TPSA) is 123 Å². The first kappa shape index (κ1) is 17.4. The summed E-state index contributed by atoms with van der Waals surface area (Å²) >= 11 is 0. The molecule has 1 aromatic carbocycles. The molecule has 0 aromatic heterocycles. The van der Waals surface area contributed by atoms with Gasteiger partial charge in [-0.25, -0.2) is 4.79 Å². The Kier molecular flexibility index (Phi) is 5.10. The van der Waals surface area contributed by atoms with Crippen LogP contribution in [0.15, 0.2) is 52.6 Å². The summed E-state index contributed by atoms with van der Waals surface area (Å²) in [6.07, 6.45) is 2.74. The molecule has 24 heavy (non-hydrogen) atoms. The summed E-state index contributed by atoms with van der Waals surface area (Å²) in [6.45, 7) is 0. The molecule has 1 aliphatic carbocycles. The number of nitrogens with one attached hydrogen (secondary N) is 2. The Morgan fingerprint density at radius 2 is 1.88 bits per heavy atom. The number of para-hydroxylation sites is 1. The molecule has 0 amide bonds. The highest BCUT2D eigenvalue weighted by atomic mass is 16.4. The lowest BCUT2D eigenvalue weighted by molar-refractivity contribution is -0.151. The van der Waals surface area contributed by atoms with Crippen molar-refractivity contribution >= 4 is 29.0 Å². The number of anilines is 1. The lowest BCUT2D eigenvalue weighted by atomic mass is 9.75. The van der Waals surface area contributed by atoms with E-state index in [4.69, 9.17) is 0 Å². The summed E-state index contributed by atoms with van der Waals surface area (Å²) in [5.41, 5.74) is 1.93. The van der Waals surface area contributed by atoms with Gasteiger partial charge in [0.15, 0.2) is 5.54 Å². The average molecular weight is 330 g/mol. The Balaban J connectivity index is 2.54. The monoisotopic (exact) mass is 330 g/mol. The molecule has 0 heterocycles. The van der Waals surface area contributed by atoms with Crippen molar-refractivity contribution in [2.75, 3.05) is 19.5 Å². The van der Waals surface area contributed by atoms with Crippen molar-refractivity contribution in [2.24, 2.45) is 16.0 Å². The average Bonchev–Trinajstić information content (AvgIpc) is 2.59. The van der Waals surface area contributed by atoms with E-state index in [-0.39, 0.29) is 5.71 Å². The minimum absolute atomic E-state index is 0.0353. The number of hydrazone groups is 1. The summed E-state index contributed by atoms with van der Waals surface area (Å²) in [5.74, 6) is -4.07. The van der Waals surface area contributed by atoms with E-state index in [2.05, 4.69) is 20.8 Å². The second-order valence-corrected chi connectivity index (χ2v) is 5.11. The zero-order valence-corrected chi connectivity index (χ0v) is 13.2. The zero-order chi connectivity index (χ0) is 17.7. The summed E-state index contributed by atoms with van der Waals surface area (Å²) in [4.78, 5) is 27.6. The highest BCUT2D eigenvalue weighted by Crippen LogP contribution is 2.27. The standard InChI is InChI=1S/C16H18N4O4/c1-17-11-8-9-16(18-2,15(23)24)12(14(21)22)13(11)20-19-10-6-4-3-5-7-10/h3-9,12,18-19H,1-2H3,(H,21,22)(H,23,24). The number of hydrogen-bond acceptors (Lipinski definition) is 6. The Morgan fingerprint density at radius 3 is 2.38 bits per heavy atom. The van der Waals surface area contributed by atoms with Gasteiger partial charge in [-0.3, -0.25) is 15.2 Å². The van der Waals surface area contributed by atoms with Crippen molar-refractivity contribution < 1.29 is 19.8 Å². The van der Waals surface area contributed by atoms with Crippen LogP contribution in [0.4, 0.5) is 5.69 Å². The van der Waals surface area contributed by atoms with Crippen molar-refractivity contribution in [1.29, 1.82) is 0 Å². The number of likely N-dealkylation sites (N-methyl/N-ethyl adjacent to an activating group) is 1. The third kappa shape index (κ3) is 3.04. The van der Waals surface area contributed by atoms with Crippen molar-refractivity contribution in [1.82, 2.24) is 5.32 Å². The van der Waals surface area contributed by atoms with Crippen molar-refractivity contribution in [3.63, 3.8) is 0 Å². The number of allylic oxidation sites excluding steroid dienone is 1. The number of hydrogen-bond donors (Lipinski definition) is 4. The molecule has 2 rings (SSSR count). The molecule has 0 saturated carbocycles. The maximum absolute atomic E-state index is 11.8. The summed E-state index contributed by atoms with van der Waals surface area (Å²) < 4.78 is 0. The van der Waals surface area contributed by atoms with Gasteiger partial charge in [-0.1, -0.05) is 18.2 Å². The summed E-state index contributed by atoms with van der Waals surface area (Å²) in [6, 6.07) is 8.93. The maximum Gasteiger partial charge on any atom is 0.329 e. The van der Waals surface area contributed by atoms with Crippen LogP contribution in [0, 0.1) is 5.92 Å². The largest absolute Gasteiger partial charge is 0.481 e. The van der Waals surface area contributed by atoms with Gasteiger partial charge in [-0.05, 0) is 31.3 Å². The molecular formula is C16H18N4O4. The van der Waals surface area contributed by atoms with Crippen LogP contribution in [0.25, 0.3) is 0 Å². The SMILES string of the molecule is CN=C1C=CC(NC)(C(=O)O)C(C(=O)O)C1=NNc1ccccc1. The lowest BCUT2D eigenvalue weighted by Gasteiger charge is -2.35. The van der Waals surface area contributed by atoms with Crippen LogP contribution in [0.5, 0.6) is 0 Å². The van der Waals surface area contributed by atoms with E-state index in [1.807, 2.05) is 6.07 Å². The minimum atomic E-state index is -1.81. The second kappa shape index (κ2) is 7.05. The molecule has 0 radical (unpaired) electrons. The molecule has 2 atom stereocenters. The van der Waals surface area contributed by atoms with Crippen molar-refractivity contribution in [3.8, 4) is 0 Å². The van der Waals surface area contributed by atoms with Crippen molar-refractivity contribution in [2.45, 2.75) is 5.54 Å². The van der Waals surface area contributed by atoms with Gasteiger partial charge in [0.1, 0.15) is 11.6 Å². The molecule has 2 unspecified atom stereocenters. The molecule has 0 saturated heterocycles. The maximum atomic E-state index is 11.8. The smallest absolute Gasteiger partial charge is 0.329 e. The predicted octanol–water partition coefficient (Wildman–Crippen LogP) is 0.839. The molecule has 0 aliphatic heterocycles. The number of benzene rings is 1. The molecule has 0 bridgehead atoms. The van der Waals surface area contributed by atoms with E-state index < -0.39 is 23.4 Å². The van der Waals surface area contributed by atoms with Gasteiger partial charge >= 0.3 is 11.9 Å². The Bertz CT molecular complexity index is 727. The summed E-state index contributed by atoms with van der Waals surface area (Å²) in [5, 5.41) is 25.9. The van der Waals surface area contributed by atoms with Gasteiger partial charge in [-0.15, -0.1) is 0 Å². The van der Waals surface area contributed by atoms with E-state index in [1.54, 1.807) is 24.3 Å². The molecule has 8 heteroatoms. The third-order valence-corrected chi connectivity index (χ3v) is 3.83. The minimum Gasteiger partial charge on any atom is -0.481 e. The first-order chi connectivity index (χ1) is 11.5. The van der Waals surface area contributed by atoms with Crippen LogP contribution in [-0.2, 0) is 9.59 Å².